The van der Waals surface area contributed by atoms with Gasteiger partial charge in [0.1, 0.15) is 6.10 Å². The van der Waals surface area contributed by atoms with Crippen molar-refractivity contribution in [2.45, 2.75) is 42.7 Å². The van der Waals surface area contributed by atoms with Crippen LogP contribution in [0.1, 0.15) is 29.8 Å². The molecule has 2 N–H and O–H groups in total. The average Bonchev–Trinajstić information content (AvgIpc) is 2.95. The lowest BCUT2D eigenvalue weighted by Crippen LogP contribution is -2.50. The maximum atomic E-state index is 13.7. The Morgan fingerprint density at radius 2 is 1.66 bits per heavy atom. The number of anilines is 1. The fourth-order valence-electron chi connectivity index (χ4n) is 4.59. The number of para-hydroxylation sites is 1. The maximum Gasteiger partial charge on any atom is 0.262 e. The number of likely N-dealkylation sites (N-methyl/N-ethyl adjacent to an activating group) is 1. The van der Waals surface area contributed by atoms with Crippen molar-refractivity contribution < 1.29 is 31.5 Å². The first-order valence-corrected chi connectivity index (χ1v) is 16.1. The predicted octanol–water partition coefficient (Wildman–Crippen LogP) is 3.34. The second kappa shape index (κ2) is 12.2. The second-order valence-corrected chi connectivity index (χ2v) is 14.0. The fraction of sp³-hybridized carbons (Fsp3) is 0.345. The molecule has 0 fully saturated rings. The van der Waals surface area contributed by atoms with Crippen molar-refractivity contribution in [1.29, 1.82) is 0 Å². The monoisotopic (exact) mass is 601 g/mol. The van der Waals surface area contributed by atoms with Crippen LogP contribution in [0.5, 0.6) is 5.75 Å². The van der Waals surface area contributed by atoms with Crippen LogP contribution in [0.3, 0.4) is 0 Å². The standard InChI is InChI=1S/C29H35N3O7S2/c1-20-13-15-23(16-14-20)40(35,36)30-26-12-8-11-25-28(26)39-27(21(2)17-32(29(25)34)22(3)19-33)18-31(4)41(37,38)24-9-6-5-7-10-24/h5-16,21-22,27,30,33H,17-19H2,1-4H3/t21-,22+,27-/m0/s1. The number of carbonyl (C=O) groups excluding carboxylic acids is 1. The second-order valence-electron chi connectivity index (χ2n) is 10.3. The number of benzene rings is 3. The number of aliphatic hydroxyl groups is 1. The van der Waals surface area contributed by atoms with E-state index >= 15 is 0 Å². The molecule has 220 valence electrons. The van der Waals surface area contributed by atoms with Crippen LogP contribution in [-0.4, -0.2) is 75.9 Å². The van der Waals surface area contributed by atoms with Crippen LogP contribution < -0.4 is 9.46 Å². The Hall–Kier alpha value is -3.45. The van der Waals surface area contributed by atoms with E-state index in [9.17, 15) is 26.7 Å². The first-order valence-electron chi connectivity index (χ1n) is 13.2. The summed E-state index contributed by atoms with van der Waals surface area (Å²) in [5, 5.41) is 9.89. The Morgan fingerprint density at radius 3 is 2.29 bits per heavy atom. The molecule has 0 bridgehead atoms. The number of aliphatic hydroxyl groups excluding tert-OH is 1. The molecule has 3 aromatic carbocycles. The van der Waals surface area contributed by atoms with Gasteiger partial charge in [-0.2, -0.15) is 4.31 Å². The van der Waals surface area contributed by atoms with Gasteiger partial charge in [0.25, 0.3) is 15.9 Å². The van der Waals surface area contributed by atoms with Crippen molar-refractivity contribution in [2.24, 2.45) is 5.92 Å². The number of amides is 1. The van der Waals surface area contributed by atoms with Crippen molar-refractivity contribution in [3.63, 3.8) is 0 Å². The minimum absolute atomic E-state index is 0.00890. The highest BCUT2D eigenvalue weighted by atomic mass is 32.2. The predicted molar refractivity (Wildman–Crippen MR) is 156 cm³/mol. The van der Waals surface area contributed by atoms with Crippen LogP contribution in [0.4, 0.5) is 5.69 Å². The summed E-state index contributed by atoms with van der Waals surface area (Å²) in [5.41, 5.74) is 1.03. The molecule has 0 saturated heterocycles. The zero-order valence-corrected chi connectivity index (χ0v) is 25.0. The van der Waals surface area contributed by atoms with Gasteiger partial charge in [0.2, 0.25) is 10.0 Å². The fourth-order valence-corrected chi connectivity index (χ4v) is 6.85. The van der Waals surface area contributed by atoms with Crippen molar-refractivity contribution >= 4 is 31.6 Å². The van der Waals surface area contributed by atoms with Crippen molar-refractivity contribution in [3.05, 3.63) is 83.9 Å². The van der Waals surface area contributed by atoms with Crippen LogP contribution in [0.25, 0.3) is 0 Å². The number of nitrogens with zero attached hydrogens (tertiary/aromatic N) is 2. The Labute approximate surface area is 241 Å². The summed E-state index contributed by atoms with van der Waals surface area (Å²) >= 11 is 0. The van der Waals surface area contributed by atoms with E-state index in [0.717, 1.165) is 5.56 Å². The number of carbonyl (C=O) groups is 1. The molecule has 1 aliphatic rings. The van der Waals surface area contributed by atoms with E-state index in [0.29, 0.717) is 0 Å². The highest BCUT2D eigenvalue weighted by Gasteiger charge is 2.36. The number of aryl methyl sites for hydroxylation is 1. The Balaban J connectivity index is 1.76. The summed E-state index contributed by atoms with van der Waals surface area (Å²) in [6.45, 7) is 5.19. The molecule has 0 aliphatic carbocycles. The largest absolute Gasteiger partial charge is 0.486 e. The topological polar surface area (TPSA) is 133 Å². The van der Waals surface area contributed by atoms with Gasteiger partial charge >= 0.3 is 0 Å². The number of rotatable bonds is 9. The molecule has 12 heteroatoms. The third kappa shape index (κ3) is 6.56. The average molecular weight is 602 g/mol. The number of fused-ring (bicyclic) bond motifs is 1. The summed E-state index contributed by atoms with van der Waals surface area (Å²) < 4.78 is 63.3. The molecule has 4 rings (SSSR count). The van der Waals surface area contributed by atoms with Crippen LogP contribution >= 0.6 is 0 Å². The van der Waals surface area contributed by atoms with Gasteiger partial charge in [-0.15, -0.1) is 0 Å². The summed E-state index contributed by atoms with van der Waals surface area (Å²) in [4.78, 5) is 15.3. The number of ether oxygens (including phenoxy) is 1. The lowest BCUT2D eigenvalue weighted by Gasteiger charge is -2.38. The van der Waals surface area contributed by atoms with Crippen molar-refractivity contribution in [3.8, 4) is 5.75 Å². The Kier molecular flexibility index (Phi) is 9.07. The van der Waals surface area contributed by atoms with Gasteiger partial charge in [0.05, 0.1) is 40.2 Å². The molecule has 41 heavy (non-hydrogen) atoms. The van der Waals surface area contributed by atoms with Crippen LogP contribution in [0, 0.1) is 12.8 Å². The highest BCUT2D eigenvalue weighted by molar-refractivity contribution is 7.92. The molecule has 0 unspecified atom stereocenters. The molecule has 0 aromatic heterocycles. The zero-order chi connectivity index (χ0) is 29.9. The number of hydrogen-bond acceptors (Lipinski definition) is 7. The van der Waals surface area contributed by atoms with E-state index in [4.69, 9.17) is 4.74 Å². The van der Waals surface area contributed by atoms with Gasteiger partial charge in [-0.25, -0.2) is 16.8 Å². The normalized spacial score (nSPS) is 18.7. The first-order chi connectivity index (χ1) is 19.3. The highest BCUT2D eigenvalue weighted by Crippen LogP contribution is 2.36. The molecule has 3 atom stereocenters. The summed E-state index contributed by atoms with van der Waals surface area (Å²) in [5.74, 6) is -0.838. The quantitative estimate of drug-likeness (QED) is 0.384. The molecular formula is C29H35N3O7S2. The molecule has 0 spiro atoms. The summed E-state index contributed by atoms with van der Waals surface area (Å²) in [6.07, 6.45) is -0.774. The van der Waals surface area contributed by atoms with E-state index in [1.807, 2.05) is 13.8 Å². The van der Waals surface area contributed by atoms with E-state index in [1.165, 1.54) is 52.7 Å². The van der Waals surface area contributed by atoms with Crippen molar-refractivity contribution in [1.82, 2.24) is 9.21 Å². The third-order valence-corrected chi connectivity index (χ3v) is 10.4. The number of sulfonamides is 2. The molecule has 0 radical (unpaired) electrons. The molecule has 3 aromatic rings. The van der Waals surface area contributed by atoms with Crippen LogP contribution in [0.15, 0.2) is 82.6 Å². The van der Waals surface area contributed by atoms with Gasteiger partial charge < -0.3 is 14.7 Å². The first kappa shape index (κ1) is 30.5. The minimum atomic E-state index is -4.05. The van der Waals surface area contributed by atoms with E-state index in [-0.39, 0.29) is 46.5 Å². The summed E-state index contributed by atoms with van der Waals surface area (Å²) in [7, 11) is -6.47. The summed E-state index contributed by atoms with van der Waals surface area (Å²) in [6, 6.07) is 18.3. The molecule has 10 nitrogen and oxygen atoms in total. The maximum absolute atomic E-state index is 13.7. The number of nitrogens with one attached hydrogen (secondary N) is 1. The zero-order valence-electron chi connectivity index (χ0n) is 23.4. The Morgan fingerprint density at radius 1 is 1.00 bits per heavy atom. The molecule has 1 heterocycles. The molecular weight excluding hydrogens is 566 g/mol. The van der Waals surface area contributed by atoms with Gasteiger partial charge in [0.15, 0.2) is 5.75 Å². The van der Waals surface area contributed by atoms with Gasteiger partial charge in [0, 0.05) is 19.5 Å². The minimum Gasteiger partial charge on any atom is -0.486 e. The lowest BCUT2D eigenvalue weighted by atomic mass is 9.99. The lowest BCUT2D eigenvalue weighted by molar-refractivity contribution is 0.0389. The smallest absolute Gasteiger partial charge is 0.262 e. The molecule has 0 saturated carbocycles. The third-order valence-electron chi connectivity index (χ3n) is 7.16. The van der Waals surface area contributed by atoms with Gasteiger partial charge in [-0.1, -0.05) is 48.9 Å². The van der Waals surface area contributed by atoms with E-state index in [1.54, 1.807) is 43.3 Å². The molecule has 1 aliphatic heterocycles. The van der Waals surface area contributed by atoms with Gasteiger partial charge in [-0.05, 0) is 50.2 Å². The van der Waals surface area contributed by atoms with Crippen LogP contribution in [-0.2, 0) is 20.0 Å². The van der Waals surface area contributed by atoms with Crippen LogP contribution in [0.2, 0.25) is 0 Å². The van der Waals surface area contributed by atoms with E-state index < -0.39 is 44.0 Å². The molecule has 1 amide bonds. The number of hydrogen-bond donors (Lipinski definition) is 2. The SMILES string of the molecule is Cc1ccc(S(=O)(=O)Nc2cccc3c2O[C@@H](CN(C)S(=O)(=O)c2ccccc2)[C@@H](C)CN([C@H](C)CO)C3=O)cc1. The van der Waals surface area contributed by atoms with E-state index in [2.05, 4.69) is 4.72 Å². The Bertz CT molecular complexity index is 1600. The van der Waals surface area contributed by atoms with Crippen molar-refractivity contribution in [2.75, 3.05) is 31.5 Å². The van der Waals surface area contributed by atoms with Gasteiger partial charge in [-0.3, -0.25) is 9.52 Å².